The summed E-state index contributed by atoms with van der Waals surface area (Å²) in [6.07, 6.45) is 7.75. The Labute approximate surface area is 119 Å². The maximum atomic E-state index is 12.0. The number of rotatable bonds is 5. The second kappa shape index (κ2) is 5.20. The average Bonchev–Trinajstić information content (AvgIpc) is 2.76. The minimum atomic E-state index is -0.425. The minimum absolute atomic E-state index is 0.0915. The van der Waals surface area contributed by atoms with Crippen molar-refractivity contribution in [3.8, 4) is 0 Å². The lowest BCUT2D eigenvalue weighted by atomic mass is 10.0. The molecule has 5 heteroatoms. The largest absolute Gasteiger partial charge is 0.391 e. The van der Waals surface area contributed by atoms with Gasteiger partial charge in [-0.1, -0.05) is 6.92 Å². The number of hydrogen-bond acceptors (Lipinski definition) is 3. The molecule has 0 saturated heterocycles. The number of aromatic nitrogens is 2. The lowest BCUT2D eigenvalue weighted by molar-refractivity contribution is -0.123. The first-order valence-electron chi connectivity index (χ1n) is 7.49. The second-order valence-corrected chi connectivity index (χ2v) is 6.79. The van der Waals surface area contributed by atoms with Gasteiger partial charge in [0, 0.05) is 25.4 Å². The van der Waals surface area contributed by atoms with Crippen molar-refractivity contribution in [3.05, 3.63) is 18.5 Å². The molecule has 1 aromatic heterocycles. The molecule has 0 aromatic carbocycles. The molecule has 2 aliphatic carbocycles. The monoisotopic (exact) mass is 277 g/mol. The maximum absolute atomic E-state index is 12.0. The number of carbonyl (C=O) groups is 1. The zero-order valence-electron chi connectivity index (χ0n) is 12.0. The fourth-order valence-corrected chi connectivity index (χ4v) is 3.13. The zero-order chi connectivity index (χ0) is 14.2. The number of carbonyl (C=O) groups excluding carboxylic acids is 1. The molecule has 0 bridgehead atoms. The van der Waals surface area contributed by atoms with Crippen LogP contribution in [0.2, 0.25) is 0 Å². The summed E-state index contributed by atoms with van der Waals surface area (Å²) >= 11 is 0. The SMILES string of the molecule is CC1(CC(=O)N[C@@H]2CC(Cn3cccn3)C[C@H]2O)CC1. The summed E-state index contributed by atoms with van der Waals surface area (Å²) in [6, 6.07) is 1.81. The summed E-state index contributed by atoms with van der Waals surface area (Å²) in [7, 11) is 0. The molecule has 2 saturated carbocycles. The summed E-state index contributed by atoms with van der Waals surface area (Å²) < 4.78 is 1.90. The molecule has 5 nitrogen and oxygen atoms in total. The van der Waals surface area contributed by atoms with E-state index >= 15 is 0 Å². The van der Waals surface area contributed by atoms with Crippen LogP contribution in [0.5, 0.6) is 0 Å². The normalized spacial score (nSPS) is 31.2. The van der Waals surface area contributed by atoms with Crippen molar-refractivity contribution in [2.75, 3.05) is 0 Å². The third kappa shape index (κ3) is 3.20. The first-order chi connectivity index (χ1) is 9.54. The Hall–Kier alpha value is -1.36. The van der Waals surface area contributed by atoms with E-state index in [0.29, 0.717) is 12.3 Å². The Bertz CT molecular complexity index is 467. The molecule has 20 heavy (non-hydrogen) atoms. The van der Waals surface area contributed by atoms with Crippen LogP contribution in [-0.4, -0.2) is 32.9 Å². The van der Waals surface area contributed by atoms with Gasteiger partial charge < -0.3 is 10.4 Å². The molecule has 1 heterocycles. The Morgan fingerprint density at radius 2 is 2.30 bits per heavy atom. The quantitative estimate of drug-likeness (QED) is 0.853. The first-order valence-corrected chi connectivity index (χ1v) is 7.49. The standard InChI is InChI=1S/C15H23N3O2/c1-15(3-4-15)9-14(20)17-12-7-11(8-13(12)19)10-18-6-2-5-16-18/h2,5-6,11-13,19H,3-4,7-10H2,1H3,(H,17,20)/t11?,12-,13-/m1/s1. The van der Waals surface area contributed by atoms with Crippen LogP contribution in [0.1, 0.15) is 39.0 Å². The molecule has 1 amide bonds. The molecular formula is C15H23N3O2. The van der Waals surface area contributed by atoms with Gasteiger partial charge in [-0.15, -0.1) is 0 Å². The van der Waals surface area contributed by atoms with Gasteiger partial charge in [0.2, 0.25) is 5.91 Å². The van der Waals surface area contributed by atoms with Crippen molar-refractivity contribution >= 4 is 5.91 Å². The molecule has 0 radical (unpaired) electrons. The lowest BCUT2D eigenvalue weighted by Gasteiger charge is -2.18. The van der Waals surface area contributed by atoms with Gasteiger partial charge >= 0.3 is 0 Å². The number of hydrogen-bond donors (Lipinski definition) is 2. The van der Waals surface area contributed by atoms with E-state index in [0.717, 1.165) is 32.2 Å². The fourth-order valence-electron chi connectivity index (χ4n) is 3.13. The number of nitrogens with zero attached hydrogens (tertiary/aromatic N) is 2. The van der Waals surface area contributed by atoms with Crippen molar-refractivity contribution in [2.45, 2.75) is 57.7 Å². The predicted octanol–water partition coefficient (Wildman–Crippen LogP) is 1.33. The molecule has 1 unspecified atom stereocenters. The number of aliphatic hydroxyl groups excluding tert-OH is 1. The van der Waals surface area contributed by atoms with Crippen LogP contribution in [0.4, 0.5) is 0 Å². The third-order valence-corrected chi connectivity index (χ3v) is 4.67. The van der Waals surface area contributed by atoms with E-state index in [-0.39, 0.29) is 17.4 Å². The van der Waals surface area contributed by atoms with Crippen molar-refractivity contribution < 1.29 is 9.90 Å². The zero-order valence-corrected chi connectivity index (χ0v) is 12.0. The molecule has 0 spiro atoms. The highest BCUT2D eigenvalue weighted by Crippen LogP contribution is 2.48. The van der Waals surface area contributed by atoms with Gasteiger partial charge in [-0.25, -0.2) is 0 Å². The molecule has 1 aromatic rings. The summed E-state index contributed by atoms with van der Waals surface area (Å²) in [4.78, 5) is 12.0. The van der Waals surface area contributed by atoms with Crippen molar-refractivity contribution in [1.29, 1.82) is 0 Å². The summed E-state index contributed by atoms with van der Waals surface area (Å²) in [5, 5.41) is 17.3. The number of nitrogens with one attached hydrogen (secondary N) is 1. The van der Waals surface area contributed by atoms with E-state index in [4.69, 9.17) is 0 Å². The minimum Gasteiger partial charge on any atom is -0.391 e. The molecule has 2 fully saturated rings. The summed E-state index contributed by atoms with van der Waals surface area (Å²) in [5.41, 5.74) is 0.224. The van der Waals surface area contributed by atoms with E-state index in [1.165, 1.54) is 0 Å². The van der Waals surface area contributed by atoms with E-state index < -0.39 is 6.10 Å². The molecule has 2 N–H and O–H groups in total. The van der Waals surface area contributed by atoms with Gasteiger partial charge in [0.25, 0.3) is 0 Å². The van der Waals surface area contributed by atoms with Crippen LogP contribution in [0.3, 0.4) is 0 Å². The Morgan fingerprint density at radius 1 is 1.50 bits per heavy atom. The Kier molecular flexibility index (Phi) is 3.54. The third-order valence-electron chi connectivity index (χ3n) is 4.67. The molecule has 110 valence electrons. The van der Waals surface area contributed by atoms with Crippen LogP contribution in [0.25, 0.3) is 0 Å². The summed E-state index contributed by atoms with van der Waals surface area (Å²) in [6.45, 7) is 2.96. The van der Waals surface area contributed by atoms with E-state index in [2.05, 4.69) is 17.3 Å². The first kappa shape index (κ1) is 13.6. The molecule has 2 aliphatic rings. The van der Waals surface area contributed by atoms with E-state index in [1.54, 1.807) is 6.20 Å². The molecule has 3 atom stereocenters. The predicted molar refractivity (Wildman–Crippen MR) is 74.8 cm³/mol. The van der Waals surface area contributed by atoms with Gasteiger partial charge in [-0.2, -0.15) is 5.10 Å². The van der Waals surface area contributed by atoms with Crippen molar-refractivity contribution in [1.82, 2.24) is 15.1 Å². The highest BCUT2D eigenvalue weighted by Gasteiger charge is 2.40. The van der Waals surface area contributed by atoms with Crippen molar-refractivity contribution in [2.24, 2.45) is 11.3 Å². The van der Waals surface area contributed by atoms with Gasteiger partial charge in [-0.3, -0.25) is 9.48 Å². The summed E-state index contributed by atoms with van der Waals surface area (Å²) in [5.74, 6) is 0.473. The van der Waals surface area contributed by atoms with Crippen molar-refractivity contribution in [3.63, 3.8) is 0 Å². The Morgan fingerprint density at radius 3 is 2.95 bits per heavy atom. The highest BCUT2D eigenvalue weighted by molar-refractivity contribution is 5.77. The van der Waals surface area contributed by atoms with Crippen LogP contribution in [0, 0.1) is 11.3 Å². The molecular weight excluding hydrogens is 254 g/mol. The van der Waals surface area contributed by atoms with Gasteiger partial charge in [0.05, 0.1) is 12.1 Å². The number of aliphatic hydroxyl groups is 1. The van der Waals surface area contributed by atoms with Gasteiger partial charge in [-0.05, 0) is 43.1 Å². The fraction of sp³-hybridized carbons (Fsp3) is 0.733. The Balaban J connectivity index is 1.49. The molecule has 0 aliphatic heterocycles. The number of amides is 1. The lowest BCUT2D eigenvalue weighted by Crippen LogP contribution is -2.40. The van der Waals surface area contributed by atoms with E-state index in [9.17, 15) is 9.90 Å². The highest BCUT2D eigenvalue weighted by atomic mass is 16.3. The van der Waals surface area contributed by atoms with Gasteiger partial charge in [0.15, 0.2) is 0 Å². The maximum Gasteiger partial charge on any atom is 0.220 e. The van der Waals surface area contributed by atoms with Gasteiger partial charge in [0.1, 0.15) is 0 Å². The topological polar surface area (TPSA) is 67.2 Å². The van der Waals surface area contributed by atoms with Crippen LogP contribution in [-0.2, 0) is 11.3 Å². The van der Waals surface area contributed by atoms with Crippen LogP contribution < -0.4 is 5.32 Å². The average molecular weight is 277 g/mol. The van der Waals surface area contributed by atoms with Crippen LogP contribution in [0.15, 0.2) is 18.5 Å². The van der Waals surface area contributed by atoms with Crippen LogP contribution >= 0.6 is 0 Å². The molecule has 3 rings (SSSR count). The smallest absolute Gasteiger partial charge is 0.220 e. The second-order valence-electron chi connectivity index (χ2n) is 6.79. The van der Waals surface area contributed by atoms with E-state index in [1.807, 2.05) is 16.9 Å².